The second kappa shape index (κ2) is 4.08. The number of halogens is 2. The standard InChI is InChI=1S/C12H17F2NS/c1-9-2-7-16-10(9)11(8-15)3-5-12(13,14)6-4-11/h2,7H,3-6,8,15H2,1H3. The van der Waals surface area contributed by atoms with E-state index in [1.165, 1.54) is 10.4 Å². The van der Waals surface area contributed by atoms with Crippen LogP contribution in [0.5, 0.6) is 0 Å². The molecule has 16 heavy (non-hydrogen) atoms. The molecule has 1 aliphatic carbocycles. The summed E-state index contributed by atoms with van der Waals surface area (Å²) in [6, 6.07) is 2.05. The molecule has 4 heteroatoms. The van der Waals surface area contributed by atoms with Crippen LogP contribution in [0, 0.1) is 6.92 Å². The fourth-order valence-corrected chi connectivity index (χ4v) is 3.73. The van der Waals surface area contributed by atoms with Crippen molar-refractivity contribution in [2.75, 3.05) is 6.54 Å². The van der Waals surface area contributed by atoms with Gasteiger partial charge in [-0.2, -0.15) is 0 Å². The zero-order valence-corrected chi connectivity index (χ0v) is 10.2. The second-order valence-corrected chi connectivity index (χ2v) is 5.69. The highest BCUT2D eigenvalue weighted by molar-refractivity contribution is 7.10. The van der Waals surface area contributed by atoms with E-state index >= 15 is 0 Å². The third kappa shape index (κ3) is 2.00. The normalized spacial score (nSPS) is 23.2. The van der Waals surface area contributed by atoms with Crippen molar-refractivity contribution in [3.63, 3.8) is 0 Å². The molecule has 90 valence electrons. The summed E-state index contributed by atoms with van der Waals surface area (Å²) in [6.45, 7) is 2.51. The number of alkyl halides is 2. The highest BCUT2D eigenvalue weighted by Gasteiger charge is 2.44. The van der Waals surface area contributed by atoms with Crippen LogP contribution in [0.15, 0.2) is 11.4 Å². The monoisotopic (exact) mass is 245 g/mol. The fourth-order valence-electron chi connectivity index (χ4n) is 2.53. The van der Waals surface area contributed by atoms with E-state index in [9.17, 15) is 8.78 Å². The van der Waals surface area contributed by atoms with E-state index in [1.807, 2.05) is 18.4 Å². The topological polar surface area (TPSA) is 26.0 Å². The van der Waals surface area contributed by atoms with Gasteiger partial charge in [-0.3, -0.25) is 0 Å². The molecule has 0 aliphatic heterocycles. The van der Waals surface area contributed by atoms with Crippen LogP contribution < -0.4 is 5.73 Å². The Bertz CT molecular complexity index is 363. The summed E-state index contributed by atoms with van der Waals surface area (Å²) >= 11 is 1.65. The molecule has 0 saturated heterocycles. The Labute approximate surface area is 98.7 Å². The van der Waals surface area contributed by atoms with Crippen LogP contribution in [0.3, 0.4) is 0 Å². The van der Waals surface area contributed by atoms with Crippen LogP contribution in [0.4, 0.5) is 8.78 Å². The van der Waals surface area contributed by atoms with Crippen molar-refractivity contribution < 1.29 is 8.78 Å². The van der Waals surface area contributed by atoms with E-state index < -0.39 is 5.92 Å². The molecule has 0 atom stereocenters. The summed E-state index contributed by atoms with van der Waals surface area (Å²) in [4.78, 5) is 1.21. The zero-order valence-electron chi connectivity index (χ0n) is 9.43. The van der Waals surface area contributed by atoms with Gasteiger partial charge in [-0.05, 0) is 36.8 Å². The van der Waals surface area contributed by atoms with Crippen molar-refractivity contribution in [2.45, 2.75) is 43.9 Å². The van der Waals surface area contributed by atoms with Crippen molar-refractivity contribution in [2.24, 2.45) is 5.73 Å². The molecule has 0 amide bonds. The molecule has 0 spiro atoms. The molecule has 1 aromatic heterocycles. The molecule has 2 rings (SSSR count). The minimum absolute atomic E-state index is 0.0263. The highest BCUT2D eigenvalue weighted by atomic mass is 32.1. The number of rotatable bonds is 2. The van der Waals surface area contributed by atoms with E-state index in [-0.39, 0.29) is 18.3 Å². The van der Waals surface area contributed by atoms with Crippen LogP contribution >= 0.6 is 11.3 Å². The van der Waals surface area contributed by atoms with Crippen molar-refractivity contribution in [1.82, 2.24) is 0 Å². The highest BCUT2D eigenvalue weighted by Crippen LogP contribution is 2.47. The number of hydrogen-bond donors (Lipinski definition) is 1. The van der Waals surface area contributed by atoms with Crippen LogP contribution in [-0.4, -0.2) is 12.5 Å². The molecule has 0 aromatic carbocycles. The summed E-state index contributed by atoms with van der Waals surface area (Å²) in [5.74, 6) is -2.48. The zero-order chi connectivity index (χ0) is 11.8. The number of nitrogens with two attached hydrogens (primary N) is 1. The Morgan fingerprint density at radius 2 is 1.94 bits per heavy atom. The molecule has 1 saturated carbocycles. The third-order valence-corrected chi connectivity index (χ3v) is 4.94. The first kappa shape index (κ1) is 12.0. The third-order valence-electron chi connectivity index (χ3n) is 3.67. The number of thiophene rings is 1. The van der Waals surface area contributed by atoms with E-state index in [1.54, 1.807) is 11.3 Å². The fraction of sp³-hybridized carbons (Fsp3) is 0.667. The van der Waals surface area contributed by atoms with Crippen LogP contribution in [0.25, 0.3) is 0 Å². The van der Waals surface area contributed by atoms with E-state index in [2.05, 4.69) is 0 Å². The summed E-state index contributed by atoms with van der Waals surface area (Å²) in [6.07, 6.45) is 0.971. The lowest BCUT2D eigenvalue weighted by Crippen LogP contribution is -2.41. The SMILES string of the molecule is Cc1ccsc1C1(CN)CCC(F)(F)CC1. The number of hydrogen-bond acceptors (Lipinski definition) is 2. The van der Waals surface area contributed by atoms with Gasteiger partial charge in [0, 0.05) is 29.7 Å². The van der Waals surface area contributed by atoms with Crippen molar-refractivity contribution in [1.29, 1.82) is 0 Å². The summed E-state index contributed by atoms with van der Waals surface area (Å²) < 4.78 is 26.4. The molecule has 0 unspecified atom stereocenters. The first-order chi connectivity index (χ1) is 7.49. The minimum atomic E-state index is -2.48. The molecule has 1 aliphatic rings. The Balaban J connectivity index is 2.26. The first-order valence-corrected chi connectivity index (χ1v) is 6.50. The Morgan fingerprint density at radius 1 is 1.31 bits per heavy atom. The maximum atomic E-state index is 13.2. The van der Waals surface area contributed by atoms with E-state index in [4.69, 9.17) is 5.73 Å². The number of aryl methyl sites for hydroxylation is 1. The Morgan fingerprint density at radius 3 is 2.38 bits per heavy atom. The summed E-state index contributed by atoms with van der Waals surface area (Å²) in [5.41, 5.74) is 6.85. The molecular weight excluding hydrogens is 228 g/mol. The van der Waals surface area contributed by atoms with Gasteiger partial charge in [-0.1, -0.05) is 0 Å². The van der Waals surface area contributed by atoms with Gasteiger partial charge in [-0.25, -0.2) is 8.78 Å². The molecule has 1 aromatic rings. The lowest BCUT2D eigenvalue weighted by atomic mass is 9.71. The lowest BCUT2D eigenvalue weighted by molar-refractivity contribution is -0.0505. The minimum Gasteiger partial charge on any atom is -0.330 e. The van der Waals surface area contributed by atoms with Crippen molar-refractivity contribution in [3.05, 3.63) is 21.9 Å². The average molecular weight is 245 g/mol. The quantitative estimate of drug-likeness (QED) is 0.848. The van der Waals surface area contributed by atoms with Gasteiger partial charge in [0.05, 0.1) is 0 Å². The molecule has 1 heterocycles. The molecule has 0 bridgehead atoms. The predicted octanol–water partition coefficient (Wildman–Crippen LogP) is 3.46. The van der Waals surface area contributed by atoms with Crippen LogP contribution in [-0.2, 0) is 5.41 Å². The van der Waals surface area contributed by atoms with Gasteiger partial charge in [0.2, 0.25) is 5.92 Å². The molecule has 1 nitrogen and oxygen atoms in total. The van der Waals surface area contributed by atoms with Gasteiger partial charge in [0.1, 0.15) is 0 Å². The molecule has 1 fully saturated rings. The lowest BCUT2D eigenvalue weighted by Gasteiger charge is -2.39. The molecular formula is C12H17F2NS. The van der Waals surface area contributed by atoms with Crippen molar-refractivity contribution >= 4 is 11.3 Å². The second-order valence-electron chi connectivity index (χ2n) is 4.77. The van der Waals surface area contributed by atoms with Crippen molar-refractivity contribution in [3.8, 4) is 0 Å². The largest absolute Gasteiger partial charge is 0.330 e. The van der Waals surface area contributed by atoms with Gasteiger partial charge in [0.15, 0.2) is 0 Å². The van der Waals surface area contributed by atoms with Crippen LogP contribution in [0.1, 0.15) is 36.1 Å². The first-order valence-electron chi connectivity index (χ1n) is 5.62. The maximum absolute atomic E-state index is 13.2. The van der Waals surface area contributed by atoms with Gasteiger partial charge in [-0.15, -0.1) is 11.3 Å². The maximum Gasteiger partial charge on any atom is 0.248 e. The van der Waals surface area contributed by atoms with E-state index in [0.717, 1.165) is 0 Å². The van der Waals surface area contributed by atoms with Crippen LogP contribution in [0.2, 0.25) is 0 Å². The van der Waals surface area contributed by atoms with Gasteiger partial charge < -0.3 is 5.73 Å². The Kier molecular flexibility index (Phi) is 3.05. The van der Waals surface area contributed by atoms with Gasteiger partial charge >= 0.3 is 0 Å². The molecule has 0 radical (unpaired) electrons. The summed E-state index contributed by atoms with van der Waals surface area (Å²) in [7, 11) is 0. The smallest absolute Gasteiger partial charge is 0.248 e. The summed E-state index contributed by atoms with van der Waals surface area (Å²) in [5, 5.41) is 2.02. The average Bonchev–Trinajstić information content (AvgIpc) is 2.66. The predicted molar refractivity (Wildman–Crippen MR) is 63.2 cm³/mol. The van der Waals surface area contributed by atoms with Gasteiger partial charge in [0.25, 0.3) is 0 Å². The van der Waals surface area contributed by atoms with E-state index in [0.29, 0.717) is 19.4 Å². The molecule has 2 N–H and O–H groups in total. The Hall–Kier alpha value is -0.480.